The maximum absolute atomic E-state index is 13.2. The Kier molecular flexibility index (Phi) is 13.1. The fourth-order valence-corrected chi connectivity index (χ4v) is 5.90. The molecule has 212 valence electrons. The van der Waals surface area contributed by atoms with E-state index in [1.807, 2.05) is 0 Å². The molecule has 0 saturated carbocycles. The average Bonchev–Trinajstić information content (AvgIpc) is 2.82. The molecule has 0 radical (unpaired) electrons. The zero-order valence-electron chi connectivity index (χ0n) is 23.7. The highest BCUT2D eigenvalue weighted by atomic mass is 79.9. The third kappa shape index (κ3) is 8.74. The van der Waals surface area contributed by atoms with Crippen molar-refractivity contribution < 1.29 is 41.6 Å². The molecular weight excluding hydrogens is 542 g/mol. The number of halogens is 1. The standard InChI is InChI=1S/C32H47NO4.BrH/c1-4-6-8-10-12-14-16-33(3,17-15-13-11-9-7-5-2)23-24-18-25-20-26-21-27(34)22-29(36)31(26)32(37)30(25)28(35)19-24;/h18-19,21-22H,4-17,20,23H2,1-3H3,(H2-,34,35,36,37);1H. The molecule has 0 aromatic heterocycles. The van der Waals surface area contributed by atoms with E-state index < -0.39 is 0 Å². The monoisotopic (exact) mass is 589 g/mol. The number of carbonyl (C=O) groups excluding carboxylic acids is 1. The highest BCUT2D eigenvalue weighted by molar-refractivity contribution is 6.15. The van der Waals surface area contributed by atoms with E-state index in [0.29, 0.717) is 12.0 Å². The quantitative estimate of drug-likeness (QED) is 0.168. The van der Waals surface area contributed by atoms with Crippen LogP contribution in [0.15, 0.2) is 24.3 Å². The van der Waals surface area contributed by atoms with Crippen LogP contribution >= 0.6 is 0 Å². The Morgan fingerprint density at radius 3 is 1.71 bits per heavy atom. The smallest absolute Gasteiger partial charge is 0.201 e. The third-order valence-corrected chi connectivity index (χ3v) is 7.95. The molecule has 1 aliphatic rings. The number of benzene rings is 2. The topological polar surface area (TPSA) is 77.8 Å². The van der Waals surface area contributed by atoms with Gasteiger partial charge in [0, 0.05) is 11.6 Å². The summed E-state index contributed by atoms with van der Waals surface area (Å²) in [6.45, 7) is 7.54. The van der Waals surface area contributed by atoms with Crippen LogP contribution in [0.2, 0.25) is 0 Å². The van der Waals surface area contributed by atoms with Crippen molar-refractivity contribution in [2.75, 3.05) is 20.1 Å². The number of fused-ring (bicyclic) bond motifs is 2. The molecule has 0 fully saturated rings. The van der Waals surface area contributed by atoms with E-state index in [0.717, 1.165) is 35.2 Å². The largest absolute Gasteiger partial charge is 1.00 e. The summed E-state index contributed by atoms with van der Waals surface area (Å²) in [5.74, 6) is -0.693. The first-order valence-electron chi connectivity index (χ1n) is 14.6. The van der Waals surface area contributed by atoms with Gasteiger partial charge in [-0.3, -0.25) is 4.79 Å². The van der Waals surface area contributed by atoms with Crippen molar-refractivity contribution in [3.05, 3.63) is 52.1 Å². The lowest BCUT2D eigenvalue weighted by atomic mass is 9.83. The molecule has 0 spiro atoms. The molecule has 0 unspecified atom stereocenters. The molecule has 0 aliphatic heterocycles. The molecule has 0 atom stereocenters. The minimum Gasteiger partial charge on any atom is -1.00 e. The molecule has 1 aliphatic carbocycles. The molecule has 3 N–H and O–H groups in total. The lowest BCUT2D eigenvalue weighted by molar-refractivity contribution is -0.923. The first-order valence-corrected chi connectivity index (χ1v) is 14.6. The highest BCUT2D eigenvalue weighted by Gasteiger charge is 2.31. The van der Waals surface area contributed by atoms with E-state index in [2.05, 4.69) is 27.0 Å². The summed E-state index contributed by atoms with van der Waals surface area (Å²) in [4.78, 5) is 13.2. The third-order valence-electron chi connectivity index (χ3n) is 7.95. The van der Waals surface area contributed by atoms with Crippen molar-refractivity contribution in [2.24, 2.45) is 0 Å². The minimum absolute atomic E-state index is 0. The van der Waals surface area contributed by atoms with Gasteiger partial charge < -0.3 is 36.8 Å². The number of rotatable bonds is 16. The predicted octanol–water partition coefficient (Wildman–Crippen LogP) is 4.61. The van der Waals surface area contributed by atoms with Gasteiger partial charge in [0.25, 0.3) is 0 Å². The van der Waals surface area contributed by atoms with Crippen LogP contribution in [0.25, 0.3) is 0 Å². The molecule has 0 saturated heterocycles. The second kappa shape index (κ2) is 15.5. The van der Waals surface area contributed by atoms with Gasteiger partial charge in [-0.1, -0.05) is 65.2 Å². The number of hydrogen-bond acceptors (Lipinski definition) is 4. The minimum atomic E-state index is -0.380. The van der Waals surface area contributed by atoms with E-state index in [1.165, 1.54) is 89.2 Å². The van der Waals surface area contributed by atoms with Crippen molar-refractivity contribution in [1.29, 1.82) is 0 Å². The fraction of sp³-hybridized carbons (Fsp3) is 0.594. The Hall–Kier alpha value is -2.05. The van der Waals surface area contributed by atoms with Crippen molar-refractivity contribution in [1.82, 2.24) is 0 Å². The van der Waals surface area contributed by atoms with Crippen LogP contribution in [-0.4, -0.2) is 45.7 Å². The zero-order valence-corrected chi connectivity index (χ0v) is 25.3. The maximum atomic E-state index is 13.2. The highest BCUT2D eigenvalue weighted by Crippen LogP contribution is 2.39. The average molecular weight is 591 g/mol. The van der Waals surface area contributed by atoms with Gasteiger partial charge in [0.2, 0.25) is 5.78 Å². The SMILES string of the molecule is CCCCCCCC[N+](C)(CCCCCCCC)Cc1cc(O)c2c(c1)Cc1cc(O)cc(O)c1C2=O.[Br-]. The number of unbranched alkanes of at least 4 members (excludes halogenated alkanes) is 10. The van der Waals surface area contributed by atoms with Crippen LogP contribution in [0.5, 0.6) is 17.2 Å². The molecular formula is C32H48BrNO4. The van der Waals surface area contributed by atoms with Crippen LogP contribution < -0.4 is 17.0 Å². The summed E-state index contributed by atoms with van der Waals surface area (Å²) in [5.41, 5.74) is 2.86. The second-order valence-corrected chi connectivity index (χ2v) is 11.4. The van der Waals surface area contributed by atoms with E-state index in [1.54, 1.807) is 6.07 Å². The van der Waals surface area contributed by atoms with Crippen LogP contribution in [-0.2, 0) is 13.0 Å². The van der Waals surface area contributed by atoms with Crippen molar-refractivity contribution in [2.45, 2.75) is 104 Å². The lowest BCUT2D eigenvalue weighted by Gasteiger charge is -2.35. The van der Waals surface area contributed by atoms with Gasteiger partial charge >= 0.3 is 0 Å². The molecule has 2 aromatic carbocycles. The number of hydrogen-bond donors (Lipinski definition) is 3. The fourth-order valence-electron chi connectivity index (χ4n) is 5.90. The molecule has 0 bridgehead atoms. The Morgan fingerprint density at radius 1 is 0.684 bits per heavy atom. The number of quaternary nitrogens is 1. The van der Waals surface area contributed by atoms with E-state index in [9.17, 15) is 20.1 Å². The van der Waals surface area contributed by atoms with Gasteiger partial charge in [-0.15, -0.1) is 0 Å². The molecule has 6 heteroatoms. The molecule has 3 rings (SSSR count). The molecule has 5 nitrogen and oxygen atoms in total. The number of phenols is 3. The van der Waals surface area contributed by atoms with Gasteiger partial charge in [0.1, 0.15) is 23.8 Å². The van der Waals surface area contributed by atoms with Gasteiger partial charge in [-0.05, 0) is 61.4 Å². The first-order chi connectivity index (χ1) is 17.8. The van der Waals surface area contributed by atoms with Gasteiger partial charge in [0.05, 0.1) is 31.3 Å². The van der Waals surface area contributed by atoms with Crippen LogP contribution in [0.1, 0.15) is 124 Å². The van der Waals surface area contributed by atoms with Gasteiger partial charge in [-0.25, -0.2) is 0 Å². The molecule has 2 aromatic rings. The van der Waals surface area contributed by atoms with E-state index in [-0.39, 0.29) is 51.1 Å². The summed E-state index contributed by atoms with van der Waals surface area (Å²) < 4.78 is 0.936. The van der Waals surface area contributed by atoms with Crippen molar-refractivity contribution >= 4 is 5.78 Å². The molecule has 0 amide bonds. The zero-order chi connectivity index (χ0) is 26.8. The summed E-state index contributed by atoms with van der Waals surface area (Å²) in [6.07, 6.45) is 15.7. The lowest BCUT2D eigenvalue weighted by Crippen LogP contribution is -3.00. The van der Waals surface area contributed by atoms with E-state index in [4.69, 9.17) is 0 Å². The first kappa shape index (κ1) is 32.2. The summed E-state index contributed by atoms with van der Waals surface area (Å²) in [6, 6.07) is 6.52. The number of ketones is 1. The number of carbonyl (C=O) groups is 1. The van der Waals surface area contributed by atoms with Crippen LogP contribution in [0.4, 0.5) is 0 Å². The van der Waals surface area contributed by atoms with Crippen molar-refractivity contribution in [3.8, 4) is 17.2 Å². The normalized spacial score (nSPS) is 12.7. The summed E-state index contributed by atoms with van der Waals surface area (Å²) in [5, 5.41) is 31.1. The number of phenolic OH excluding ortho intramolecular Hbond substituents is 3. The Labute approximate surface area is 240 Å². The van der Waals surface area contributed by atoms with Crippen LogP contribution in [0.3, 0.4) is 0 Å². The van der Waals surface area contributed by atoms with Crippen LogP contribution in [0, 0.1) is 0 Å². The van der Waals surface area contributed by atoms with E-state index >= 15 is 0 Å². The van der Waals surface area contributed by atoms with Gasteiger partial charge in [-0.2, -0.15) is 0 Å². The van der Waals surface area contributed by atoms with Gasteiger partial charge in [0.15, 0.2) is 0 Å². The summed E-state index contributed by atoms with van der Waals surface area (Å²) >= 11 is 0. The number of nitrogens with zero attached hydrogens (tertiary/aromatic N) is 1. The Balaban J connectivity index is 0.00000507. The number of aromatic hydroxyl groups is 3. The Morgan fingerprint density at radius 2 is 1.16 bits per heavy atom. The van der Waals surface area contributed by atoms with Crippen molar-refractivity contribution in [3.63, 3.8) is 0 Å². The molecule has 0 heterocycles. The molecule has 38 heavy (non-hydrogen) atoms. The Bertz CT molecular complexity index is 1040. The predicted molar refractivity (Wildman–Crippen MR) is 150 cm³/mol. The second-order valence-electron chi connectivity index (χ2n) is 11.4. The maximum Gasteiger partial charge on any atom is 0.201 e. The summed E-state index contributed by atoms with van der Waals surface area (Å²) in [7, 11) is 2.34.